The molecule has 0 saturated carbocycles. The van der Waals surface area contributed by atoms with Gasteiger partial charge in [-0.15, -0.1) is 0 Å². The molecule has 0 aromatic heterocycles. The molecule has 1 rings (SSSR count). The summed E-state index contributed by atoms with van der Waals surface area (Å²) in [6, 6.07) is 6.05. The first-order valence-corrected chi connectivity index (χ1v) is 7.18. The Morgan fingerprint density at radius 1 is 1.15 bits per heavy atom. The molecular formula is C16H28N2O2. The van der Waals surface area contributed by atoms with Crippen molar-refractivity contribution in [2.45, 2.75) is 26.8 Å². The minimum Gasteiger partial charge on any atom is -0.497 e. The summed E-state index contributed by atoms with van der Waals surface area (Å²) in [6.07, 6.45) is 0. The summed E-state index contributed by atoms with van der Waals surface area (Å²) in [5, 5.41) is 3.54. The Morgan fingerprint density at radius 2 is 1.85 bits per heavy atom. The summed E-state index contributed by atoms with van der Waals surface area (Å²) in [5.74, 6) is 2.77. The molecule has 2 atom stereocenters. The highest BCUT2D eigenvalue weighted by molar-refractivity contribution is 5.42. The van der Waals surface area contributed by atoms with Crippen LogP contribution in [0, 0.1) is 11.8 Å². The SMILES string of the molecule is COc1ccc(OC)c(C(C)NCC(CN)C(C)C)c1. The number of benzene rings is 1. The Bertz CT molecular complexity index is 407. The third-order valence-electron chi connectivity index (χ3n) is 3.84. The van der Waals surface area contributed by atoms with Gasteiger partial charge in [0.1, 0.15) is 11.5 Å². The van der Waals surface area contributed by atoms with Crippen LogP contribution in [0.5, 0.6) is 11.5 Å². The lowest BCUT2D eigenvalue weighted by Crippen LogP contribution is -2.33. The number of hydrogen-bond donors (Lipinski definition) is 2. The van der Waals surface area contributed by atoms with Crippen LogP contribution >= 0.6 is 0 Å². The Morgan fingerprint density at radius 3 is 2.35 bits per heavy atom. The van der Waals surface area contributed by atoms with Crippen molar-refractivity contribution in [1.82, 2.24) is 5.32 Å². The quantitative estimate of drug-likeness (QED) is 0.768. The zero-order chi connectivity index (χ0) is 15.1. The van der Waals surface area contributed by atoms with E-state index in [0.29, 0.717) is 18.4 Å². The molecule has 1 aromatic carbocycles. The van der Waals surface area contributed by atoms with Gasteiger partial charge in [0.05, 0.1) is 14.2 Å². The fraction of sp³-hybridized carbons (Fsp3) is 0.625. The molecule has 0 heterocycles. The molecule has 0 spiro atoms. The van der Waals surface area contributed by atoms with Crippen molar-refractivity contribution in [1.29, 1.82) is 0 Å². The second-order valence-corrected chi connectivity index (χ2v) is 5.48. The molecule has 20 heavy (non-hydrogen) atoms. The first-order chi connectivity index (χ1) is 9.53. The number of methoxy groups -OCH3 is 2. The summed E-state index contributed by atoms with van der Waals surface area (Å²) >= 11 is 0. The lowest BCUT2D eigenvalue weighted by Gasteiger charge is -2.23. The monoisotopic (exact) mass is 280 g/mol. The Kier molecular flexibility index (Phi) is 6.82. The zero-order valence-corrected chi connectivity index (χ0v) is 13.3. The van der Waals surface area contributed by atoms with Crippen molar-refractivity contribution in [3.05, 3.63) is 23.8 Å². The van der Waals surface area contributed by atoms with Gasteiger partial charge in [-0.05, 0) is 50.0 Å². The standard InChI is InChI=1S/C16H28N2O2/c1-11(2)13(9-17)10-18-12(3)15-8-14(19-4)6-7-16(15)20-5/h6-8,11-13,18H,9-10,17H2,1-5H3. The second-order valence-electron chi connectivity index (χ2n) is 5.48. The van der Waals surface area contributed by atoms with E-state index in [4.69, 9.17) is 15.2 Å². The predicted octanol–water partition coefficient (Wildman–Crippen LogP) is 2.59. The Labute approximate surface area is 122 Å². The summed E-state index contributed by atoms with van der Waals surface area (Å²) in [4.78, 5) is 0. The van der Waals surface area contributed by atoms with Crippen LogP contribution in [0.1, 0.15) is 32.4 Å². The van der Waals surface area contributed by atoms with E-state index in [1.807, 2.05) is 18.2 Å². The van der Waals surface area contributed by atoms with Gasteiger partial charge in [0, 0.05) is 11.6 Å². The highest BCUT2D eigenvalue weighted by Crippen LogP contribution is 2.29. The molecule has 114 valence electrons. The minimum absolute atomic E-state index is 0.188. The van der Waals surface area contributed by atoms with Crippen molar-refractivity contribution < 1.29 is 9.47 Å². The molecule has 0 amide bonds. The van der Waals surface area contributed by atoms with E-state index in [-0.39, 0.29) is 6.04 Å². The number of rotatable bonds is 8. The maximum Gasteiger partial charge on any atom is 0.123 e. The van der Waals surface area contributed by atoms with Crippen LogP contribution in [0.4, 0.5) is 0 Å². The summed E-state index contributed by atoms with van der Waals surface area (Å²) < 4.78 is 10.7. The molecule has 0 bridgehead atoms. The summed E-state index contributed by atoms with van der Waals surface area (Å²) in [6.45, 7) is 8.14. The average molecular weight is 280 g/mol. The fourth-order valence-corrected chi connectivity index (χ4v) is 2.21. The van der Waals surface area contributed by atoms with Crippen molar-refractivity contribution in [3.63, 3.8) is 0 Å². The average Bonchev–Trinajstić information content (AvgIpc) is 2.46. The van der Waals surface area contributed by atoms with E-state index in [1.54, 1.807) is 14.2 Å². The lowest BCUT2D eigenvalue weighted by atomic mass is 9.95. The molecular weight excluding hydrogens is 252 g/mol. The summed E-state index contributed by atoms with van der Waals surface area (Å²) in [5.41, 5.74) is 6.92. The molecule has 4 nitrogen and oxygen atoms in total. The second kappa shape index (κ2) is 8.12. The van der Waals surface area contributed by atoms with Crippen molar-refractivity contribution in [2.24, 2.45) is 17.6 Å². The van der Waals surface area contributed by atoms with E-state index in [1.165, 1.54) is 0 Å². The largest absolute Gasteiger partial charge is 0.497 e. The van der Waals surface area contributed by atoms with E-state index < -0.39 is 0 Å². The van der Waals surface area contributed by atoms with Gasteiger partial charge in [-0.25, -0.2) is 0 Å². The van der Waals surface area contributed by atoms with Gasteiger partial charge in [-0.3, -0.25) is 0 Å². The van der Waals surface area contributed by atoms with Gasteiger partial charge < -0.3 is 20.5 Å². The highest BCUT2D eigenvalue weighted by Gasteiger charge is 2.16. The molecule has 4 heteroatoms. The third-order valence-corrected chi connectivity index (χ3v) is 3.84. The fourth-order valence-electron chi connectivity index (χ4n) is 2.21. The van der Waals surface area contributed by atoms with Crippen LogP contribution in [-0.2, 0) is 0 Å². The highest BCUT2D eigenvalue weighted by atomic mass is 16.5. The van der Waals surface area contributed by atoms with Crippen LogP contribution in [-0.4, -0.2) is 27.3 Å². The third kappa shape index (κ3) is 4.39. The van der Waals surface area contributed by atoms with Gasteiger partial charge >= 0.3 is 0 Å². The Balaban J connectivity index is 2.77. The number of hydrogen-bond acceptors (Lipinski definition) is 4. The van der Waals surface area contributed by atoms with E-state index >= 15 is 0 Å². The number of nitrogens with two attached hydrogens (primary N) is 1. The zero-order valence-electron chi connectivity index (χ0n) is 13.3. The van der Waals surface area contributed by atoms with Crippen LogP contribution in [0.25, 0.3) is 0 Å². The maximum absolute atomic E-state index is 5.82. The number of ether oxygens (including phenoxy) is 2. The van der Waals surface area contributed by atoms with Crippen molar-refractivity contribution in [3.8, 4) is 11.5 Å². The Hall–Kier alpha value is -1.26. The van der Waals surface area contributed by atoms with Crippen molar-refractivity contribution >= 4 is 0 Å². The van der Waals surface area contributed by atoms with Gasteiger partial charge in [0.25, 0.3) is 0 Å². The van der Waals surface area contributed by atoms with Crippen LogP contribution < -0.4 is 20.5 Å². The molecule has 0 fully saturated rings. The molecule has 0 aliphatic carbocycles. The lowest BCUT2D eigenvalue weighted by molar-refractivity contribution is 0.349. The van der Waals surface area contributed by atoms with Gasteiger partial charge in [-0.2, -0.15) is 0 Å². The molecule has 2 unspecified atom stereocenters. The van der Waals surface area contributed by atoms with E-state index in [0.717, 1.165) is 23.6 Å². The smallest absolute Gasteiger partial charge is 0.123 e. The van der Waals surface area contributed by atoms with E-state index in [9.17, 15) is 0 Å². The molecule has 0 aliphatic rings. The van der Waals surface area contributed by atoms with Crippen LogP contribution in [0.2, 0.25) is 0 Å². The number of nitrogens with one attached hydrogen (secondary N) is 1. The van der Waals surface area contributed by atoms with E-state index in [2.05, 4.69) is 26.1 Å². The topological polar surface area (TPSA) is 56.5 Å². The molecule has 3 N–H and O–H groups in total. The molecule has 0 radical (unpaired) electrons. The summed E-state index contributed by atoms with van der Waals surface area (Å²) in [7, 11) is 3.36. The van der Waals surface area contributed by atoms with Gasteiger partial charge in [0.2, 0.25) is 0 Å². The molecule has 0 saturated heterocycles. The predicted molar refractivity (Wildman–Crippen MR) is 83.3 cm³/mol. The molecule has 0 aliphatic heterocycles. The minimum atomic E-state index is 0.188. The van der Waals surface area contributed by atoms with Crippen LogP contribution in [0.15, 0.2) is 18.2 Å². The first-order valence-electron chi connectivity index (χ1n) is 7.18. The first kappa shape index (κ1) is 16.8. The van der Waals surface area contributed by atoms with Gasteiger partial charge in [0.15, 0.2) is 0 Å². The van der Waals surface area contributed by atoms with Crippen molar-refractivity contribution in [2.75, 3.05) is 27.3 Å². The van der Waals surface area contributed by atoms with Gasteiger partial charge in [-0.1, -0.05) is 13.8 Å². The van der Waals surface area contributed by atoms with Crippen LogP contribution in [0.3, 0.4) is 0 Å². The molecule has 1 aromatic rings. The maximum atomic E-state index is 5.82. The normalized spacial score (nSPS) is 14.2.